The molecule has 0 aliphatic rings. The zero-order valence-electron chi connectivity index (χ0n) is 11.7. The molecule has 0 fully saturated rings. The normalized spacial score (nSPS) is 12.5. The summed E-state index contributed by atoms with van der Waals surface area (Å²) in [6.45, 7) is 4.60. The number of amides is 1. The van der Waals surface area contributed by atoms with E-state index in [1.54, 1.807) is 0 Å². The number of hydrogen-bond donors (Lipinski definition) is 3. The zero-order valence-corrected chi connectivity index (χ0v) is 11.7. The van der Waals surface area contributed by atoms with Crippen molar-refractivity contribution in [2.24, 2.45) is 11.7 Å². The summed E-state index contributed by atoms with van der Waals surface area (Å²) in [6, 6.07) is 7.72. The Kier molecular flexibility index (Phi) is 6.53. The van der Waals surface area contributed by atoms with E-state index < -0.39 is 0 Å². The topological polar surface area (TPSA) is 75.3 Å². The number of rotatable bonds is 7. The lowest BCUT2D eigenvalue weighted by Crippen LogP contribution is -2.40. The third-order valence-electron chi connectivity index (χ3n) is 3.28. The van der Waals surface area contributed by atoms with Crippen molar-refractivity contribution in [3.63, 3.8) is 0 Å². The Morgan fingerprint density at radius 3 is 2.47 bits per heavy atom. The molecule has 0 aliphatic heterocycles. The van der Waals surface area contributed by atoms with Gasteiger partial charge in [0.2, 0.25) is 5.91 Å². The van der Waals surface area contributed by atoms with Crippen LogP contribution < -0.4 is 11.1 Å². The summed E-state index contributed by atoms with van der Waals surface area (Å²) < 4.78 is 0. The minimum atomic E-state index is -0.0203. The summed E-state index contributed by atoms with van der Waals surface area (Å²) in [4.78, 5) is 12.0. The Morgan fingerprint density at radius 1 is 1.32 bits per heavy atom. The summed E-state index contributed by atoms with van der Waals surface area (Å²) in [5.41, 5.74) is 7.63. The number of benzene rings is 1. The molecule has 0 saturated heterocycles. The Balaban J connectivity index is 2.63. The summed E-state index contributed by atoms with van der Waals surface area (Å²) in [6.07, 6.45) is 0.921. The molecule has 4 N–H and O–H groups in total. The largest absolute Gasteiger partial charge is 0.396 e. The third-order valence-corrected chi connectivity index (χ3v) is 3.28. The van der Waals surface area contributed by atoms with Gasteiger partial charge in [-0.2, -0.15) is 0 Å². The molecular formula is C15H24N2O2. The quantitative estimate of drug-likeness (QED) is 0.693. The Labute approximate surface area is 115 Å². The van der Waals surface area contributed by atoms with E-state index in [-0.39, 0.29) is 18.6 Å². The molecule has 0 aromatic heterocycles. The number of nitrogens with one attached hydrogen (secondary N) is 1. The average molecular weight is 264 g/mol. The molecule has 1 amide bonds. The first kappa shape index (κ1) is 15.7. The van der Waals surface area contributed by atoms with Gasteiger partial charge >= 0.3 is 0 Å². The second kappa shape index (κ2) is 7.92. The number of nitrogens with two attached hydrogens (primary N) is 1. The van der Waals surface area contributed by atoms with Gasteiger partial charge in [0, 0.05) is 19.2 Å². The molecule has 1 rings (SSSR count). The zero-order chi connectivity index (χ0) is 14.3. The highest BCUT2D eigenvalue weighted by atomic mass is 16.3. The van der Waals surface area contributed by atoms with Crippen molar-refractivity contribution in [3.05, 3.63) is 35.4 Å². The molecule has 4 nitrogen and oxygen atoms in total. The van der Waals surface area contributed by atoms with Gasteiger partial charge in [0.15, 0.2) is 0 Å². The molecule has 106 valence electrons. The van der Waals surface area contributed by atoms with E-state index in [2.05, 4.69) is 5.32 Å². The van der Waals surface area contributed by atoms with Crippen LogP contribution in [-0.4, -0.2) is 23.7 Å². The van der Waals surface area contributed by atoms with Crippen molar-refractivity contribution in [3.8, 4) is 0 Å². The number of aliphatic hydroxyl groups excluding tert-OH is 1. The van der Waals surface area contributed by atoms with E-state index in [0.717, 1.165) is 11.1 Å². The predicted octanol–water partition coefficient (Wildman–Crippen LogP) is 1.21. The number of carbonyl (C=O) groups is 1. The maximum atomic E-state index is 12.0. The Bertz CT molecular complexity index is 405. The molecule has 0 heterocycles. The van der Waals surface area contributed by atoms with Crippen molar-refractivity contribution in [1.29, 1.82) is 0 Å². The maximum Gasteiger partial charge on any atom is 0.224 e. The minimum absolute atomic E-state index is 0.0162. The van der Waals surface area contributed by atoms with Crippen LogP contribution in [-0.2, 0) is 17.8 Å². The van der Waals surface area contributed by atoms with Gasteiger partial charge in [-0.1, -0.05) is 38.1 Å². The van der Waals surface area contributed by atoms with Gasteiger partial charge in [0.25, 0.3) is 0 Å². The molecule has 4 heteroatoms. The Morgan fingerprint density at radius 2 is 1.95 bits per heavy atom. The molecular weight excluding hydrogens is 240 g/mol. The first-order valence-electron chi connectivity index (χ1n) is 6.75. The molecule has 1 atom stereocenters. The third kappa shape index (κ3) is 5.01. The van der Waals surface area contributed by atoms with E-state index >= 15 is 0 Å². The van der Waals surface area contributed by atoms with Crippen molar-refractivity contribution in [2.45, 2.75) is 39.3 Å². The Hall–Kier alpha value is -1.39. The second-order valence-electron chi connectivity index (χ2n) is 5.08. The van der Waals surface area contributed by atoms with Crippen LogP contribution in [0.5, 0.6) is 0 Å². The van der Waals surface area contributed by atoms with Gasteiger partial charge in [-0.3, -0.25) is 4.79 Å². The maximum absolute atomic E-state index is 12.0. The molecule has 0 radical (unpaired) electrons. The lowest BCUT2D eigenvalue weighted by atomic mass is 10.00. The van der Waals surface area contributed by atoms with Crippen LogP contribution in [0.15, 0.2) is 24.3 Å². The van der Waals surface area contributed by atoms with Crippen LogP contribution in [0.1, 0.15) is 31.4 Å². The number of aliphatic hydroxyl groups is 1. The summed E-state index contributed by atoms with van der Waals surface area (Å²) >= 11 is 0. The SMILES string of the molecule is CC(C)C(CCO)NC(=O)Cc1ccccc1CN. The molecule has 1 aromatic rings. The van der Waals surface area contributed by atoms with Crippen LogP contribution in [0, 0.1) is 5.92 Å². The second-order valence-corrected chi connectivity index (χ2v) is 5.08. The highest BCUT2D eigenvalue weighted by Crippen LogP contribution is 2.10. The molecule has 1 aromatic carbocycles. The van der Waals surface area contributed by atoms with Gasteiger partial charge in [0.1, 0.15) is 0 Å². The lowest BCUT2D eigenvalue weighted by molar-refractivity contribution is -0.121. The molecule has 1 unspecified atom stereocenters. The lowest BCUT2D eigenvalue weighted by Gasteiger charge is -2.21. The number of hydrogen-bond acceptors (Lipinski definition) is 3. The average Bonchev–Trinajstić information content (AvgIpc) is 2.38. The van der Waals surface area contributed by atoms with E-state index in [1.165, 1.54) is 0 Å². The molecule has 0 aliphatic carbocycles. The van der Waals surface area contributed by atoms with Crippen molar-refractivity contribution in [2.75, 3.05) is 6.61 Å². The molecule has 0 spiro atoms. The van der Waals surface area contributed by atoms with Gasteiger partial charge in [-0.05, 0) is 23.5 Å². The fourth-order valence-electron chi connectivity index (χ4n) is 2.07. The minimum Gasteiger partial charge on any atom is -0.396 e. The van der Waals surface area contributed by atoms with Crippen molar-refractivity contribution >= 4 is 5.91 Å². The molecule has 0 saturated carbocycles. The van der Waals surface area contributed by atoms with Gasteiger partial charge in [0.05, 0.1) is 6.42 Å². The smallest absolute Gasteiger partial charge is 0.224 e. The van der Waals surface area contributed by atoms with E-state index in [1.807, 2.05) is 38.1 Å². The first-order valence-corrected chi connectivity index (χ1v) is 6.75. The van der Waals surface area contributed by atoms with Crippen LogP contribution in [0.25, 0.3) is 0 Å². The summed E-state index contributed by atoms with van der Waals surface area (Å²) in [5.74, 6) is 0.286. The van der Waals surface area contributed by atoms with E-state index in [9.17, 15) is 4.79 Å². The highest BCUT2D eigenvalue weighted by molar-refractivity contribution is 5.79. The fraction of sp³-hybridized carbons (Fsp3) is 0.533. The van der Waals surface area contributed by atoms with Gasteiger partial charge < -0.3 is 16.2 Å². The van der Waals surface area contributed by atoms with Gasteiger partial charge in [-0.15, -0.1) is 0 Å². The van der Waals surface area contributed by atoms with Gasteiger partial charge in [-0.25, -0.2) is 0 Å². The molecule has 19 heavy (non-hydrogen) atoms. The van der Waals surface area contributed by atoms with E-state index in [4.69, 9.17) is 10.8 Å². The van der Waals surface area contributed by atoms with Crippen molar-refractivity contribution < 1.29 is 9.90 Å². The summed E-state index contributed by atoms with van der Waals surface area (Å²) in [7, 11) is 0. The van der Waals surface area contributed by atoms with Crippen molar-refractivity contribution in [1.82, 2.24) is 5.32 Å². The standard InChI is InChI=1S/C15H24N2O2/c1-11(2)14(7-8-18)17-15(19)9-12-5-3-4-6-13(12)10-16/h3-6,11,14,18H,7-10,16H2,1-2H3,(H,17,19). The number of carbonyl (C=O) groups excluding carboxylic acids is 1. The summed E-state index contributed by atoms with van der Waals surface area (Å²) in [5, 5.41) is 12.0. The fourth-order valence-corrected chi connectivity index (χ4v) is 2.07. The van der Waals surface area contributed by atoms with Crippen LogP contribution in [0.3, 0.4) is 0 Å². The van der Waals surface area contributed by atoms with E-state index in [0.29, 0.717) is 25.3 Å². The van der Waals surface area contributed by atoms with Crippen LogP contribution >= 0.6 is 0 Å². The monoisotopic (exact) mass is 264 g/mol. The predicted molar refractivity (Wildman–Crippen MR) is 76.5 cm³/mol. The molecule has 0 bridgehead atoms. The first-order chi connectivity index (χ1) is 9.08. The van der Waals surface area contributed by atoms with Crippen LogP contribution in [0.2, 0.25) is 0 Å². The highest BCUT2D eigenvalue weighted by Gasteiger charge is 2.16. The van der Waals surface area contributed by atoms with Crippen LogP contribution in [0.4, 0.5) is 0 Å².